The highest BCUT2D eigenvalue weighted by molar-refractivity contribution is 9.10. The van der Waals surface area contributed by atoms with Crippen LogP contribution in [-0.4, -0.2) is 26.2 Å². The van der Waals surface area contributed by atoms with Gasteiger partial charge in [-0.05, 0) is 37.6 Å². The zero-order valence-corrected chi connectivity index (χ0v) is 11.5. The van der Waals surface area contributed by atoms with Gasteiger partial charge in [0.15, 0.2) is 0 Å². The average molecular weight is 308 g/mol. The van der Waals surface area contributed by atoms with E-state index in [4.69, 9.17) is 5.11 Å². The Balaban J connectivity index is 2.94. The van der Waals surface area contributed by atoms with Crippen LogP contribution in [0.4, 0.5) is 0 Å². The second-order valence-electron chi connectivity index (χ2n) is 3.61. The lowest BCUT2D eigenvalue weighted by atomic mass is 10.2. The van der Waals surface area contributed by atoms with Gasteiger partial charge in [-0.15, -0.1) is 0 Å². The molecule has 0 bridgehead atoms. The topological polar surface area (TPSA) is 66.4 Å². The van der Waals surface area contributed by atoms with E-state index in [2.05, 4.69) is 20.7 Å². The smallest absolute Gasteiger partial charge is 0.240 e. The largest absolute Gasteiger partial charge is 0.392 e. The van der Waals surface area contributed by atoms with Crippen molar-refractivity contribution in [2.45, 2.75) is 24.8 Å². The molecule has 0 radical (unpaired) electrons. The Bertz CT molecular complexity index is 471. The first-order chi connectivity index (χ1) is 7.33. The lowest BCUT2D eigenvalue weighted by molar-refractivity contribution is 0.198. The van der Waals surface area contributed by atoms with Gasteiger partial charge in [-0.25, -0.2) is 13.1 Å². The number of hydrogen-bond acceptors (Lipinski definition) is 3. The van der Waals surface area contributed by atoms with E-state index in [0.717, 1.165) is 10.0 Å². The molecule has 0 unspecified atom stereocenters. The summed E-state index contributed by atoms with van der Waals surface area (Å²) >= 11 is 3.30. The summed E-state index contributed by atoms with van der Waals surface area (Å²) in [4.78, 5) is 0.203. The summed E-state index contributed by atoms with van der Waals surface area (Å²) in [6.45, 7) is 3.35. The molecule has 16 heavy (non-hydrogen) atoms. The second-order valence-corrected chi connectivity index (χ2v) is 6.23. The maximum absolute atomic E-state index is 11.8. The molecule has 1 aromatic carbocycles. The molecule has 1 rings (SSSR count). The predicted octanol–water partition coefficient (Wildman–Crippen LogP) is 1.42. The van der Waals surface area contributed by atoms with Crippen LogP contribution in [0, 0.1) is 6.92 Å². The number of benzene rings is 1. The summed E-state index contributed by atoms with van der Waals surface area (Å²) in [6, 6.07) is 4.78. The number of halogens is 1. The van der Waals surface area contributed by atoms with Crippen LogP contribution in [-0.2, 0) is 10.0 Å². The number of aliphatic hydroxyl groups excluding tert-OH is 1. The standard InChI is InChI=1S/C10H14BrNO3S/c1-7-5-9(3-4-10(7)11)16(14,15)12-6-8(2)13/h3-5,8,12-13H,6H2,1-2H3/t8-/m1/s1. The highest BCUT2D eigenvalue weighted by Crippen LogP contribution is 2.19. The lowest BCUT2D eigenvalue weighted by Gasteiger charge is -2.09. The summed E-state index contributed by atoms with van der Waals surface area (Å²) in [7, 11) is -3.53. The van der Waals surface area contributed by atoms with Crippen molar-refractivity contribution in [2.75, 3.05) is 6.54 Å². The molecule has 0 aliphatic rings. The van der Waals surface area contributed by atoms with Crippen LogP contribution in [0.1, 0.15) is 12.5 Å². The van der Waals surface area contributed by atoms with E-state index in [9.17, 15) is 8.42 Å². The molecule has 0 amide bonds. The maximum atomic E-state index is 11.8. The first-order valence-electron chi connectivity index (χ1n) is 4.77. The molecule has 4 nitrogen and oxygen atoms in total. The Labute approximate surface area is 104 Å². The molecule has 1 atom stereocenters. The predicted molar refractivity (Wildman–Crippen MR) is 65.7 cm³/mol. The number of rotatable bonds is 4. The van der Waals surface area contributed by atoms with Crippen molar-refractivity contribution in [1.29, 1.82) is 0 Å². The normalized spacial score (nSPS) is 13.8. The fraction of sp³-hybridized carbons (Fsp3) is 0.400. The van der Waals surface area contributed by atoms with Gasteiger partial charge in [-0.1, -0.05) is 15.9 Å². The Kier molecular flexibility index (Phi) is 4.49. The van der Waals surface area contributed by atoms with Crippen molar-refractivity contribution in [3.05, 3.63) is 28.2 Å². The Morgan fingerprint density at radius 2 is 2.12 bits per heavy atom. The molecular formula is C10H14BrNO3S. The van der Waals surface area contributed by atoms with Crippen molar-refractivity contribution < 1.29 is 13.5 Å². The molecule has 90 valence electrons. The Morgan fingerprint density at radius 3 is 2.62 bits per heavy atom. The molecule has 1 aromatic rings. The van der Waals surface area contributed by atoms with Gasteiger partial charge in [0.25, 0.3) is 0 Å². The van der Waals surface area contributed by atoms with E-state index in [0.29, 0.717) is 0 Å². The van der Waals surface area contributed by atoms with Gasteiger partial charge in [0.05, 0.1) is 11.0 Å². The van der Waals surface area contributed by atoms with Gasteiger partial charge >= 0.3 is 0 Å². The minimum atomic E-state index is -3.53. The second kappa shape index (κ2) is 5.27. The fourth-order valence-corrected chi connectivity index (χ4v) is 2.55. The minimum Gasteiger partial charge on any atom is -0.392 e. The quantitative estimate of drug-likeness (QED) is 0.884. The number of hydrogen-bond donors (Lipinski definition) is 2. The number of aryl methyl sites for hydroxylation is 1. The van der Waals surface area contributed by atoms with Crippen LogP contribution in [0.15, 0.2) is 27.6 Å². The molecule has 0 heterocycles. The highest BCUT2D eigenvalue weighted by Gasteiger charge is 2.14. The zero-order valence-electron chi connectivity index (χ0n) is 9.07. The first-order valence-corrected chi connectivity index (χ1v) is 7.04. The molecule has 0 aromatic heterocycles. The van der Waals surface area contributed by atoms with Crippen molar-refractivity contribution in [2.24, 2.45) is 0 Å². The van der Waals surface area contributed by atoms with Gasteiger partial charge in [0.2, 0.25) is 10.0 Å². The summed E-state index contributed by atoms with van der Waals surface area (Å²) in [6.07, 6.45) is -0.702. The molecule has 2 N–H and O–H groups in total. The Morgan fingerprint density at radius 1 is 1.50 bits per heavy atom. The maximum Gasteiger partial charge on any atom is 0.240 e. The van der Waals surface area contributed by atoms with Crippen molar-refractivity contribution >= 4 is 26.0 Å². The van der Waals surface area contributed by atoms with Crippen LogP contribution >= 0.6 is 15.9 Å². The Hall–Kier alpha value is -0.430. The number of nitrogens with one attached hydrogen (secondary N) is 1. The average Bonchev–Trinajstić information content (AvgIpc) is 2.19. The molecule has 6 heteroatoms. The SMILES string of the molecule is Cc1cc(S(=O)(=O)NC[C@@H](C)O)ccc1Br. The molecule has 0 aliphatic heterocycles. The fourth-order valence-electron chi connectivity index (χ4n) is 1.10. The van der Waals surface area contributed by atoms with Crippen LogP contribution in [0.2, 0.25) is 0 Å². The monoisotopic (exact) mass is 307 g/mol. The van der Waals surface area contributed by atoms with E-state index in [1.165, 1.54) is 13.0 Å². The van der Waals surface area contributed by atoms with E-state index >= 15 is 0 Å². The molecular weight excluding hydrogens is 294 g/mol. The van der Waals surface area contributed by atoms with Crippen molar-refractivity contribution in [1.82, 2.24) is 4.72 Å². The molecule has 0 aliphatic carbocycles. The van der Waals surface area contributed by atoms with E-state index < -0.39 is 16.1 Å². The van der Waals surface area contributed by atoms with E-state index in [-0.39, 0.29) is 11.4 Å². The lowest BCUT2D eigenvalue weighted by Crippen LogP contribution is -2.30. The van der Waals surface area contributed by atoms with Crippen LogP contribution in [0.25, 0.3) is 0 Å². The molecule has 0 spiro atoms. The minimum absolute atomic E-state index is 0.0114. The van der Waals surface area contributed by atoms with Crippen LogP contribution in [0.5, 0.6) is 0 Å². The van der Waals surface area contributed by atoms with Gasteiger partial charge in [-0.2, -0.15) is 0 Å². The summed E-state index contributed by atoms with van der Waals surface area (Å²) in [5.74, 6) is 0. The van der Waals surface area contributed by atoms with Crippen molar-refractivity contribution in [3.8, 4) is 0 Å². The van der Waals surface area contributed by atoms with Crippen LogP contribution < -0.4 is 4.72 Å². The van der Waals surface area contributed by atoms with E-state index in [1.54, 1.807) is 12.1 Å². The molecule has 0 saturated carbocycles. The first kappa shape index (κ1) is 13.6. The van der Waals surface area contributed by atoms with Crippen LogP contribution in [0.3, 0.4) is 0 Å². The van der Waals surface area contributed by atoms with Gasteiger partial charge in [-0.3, -0.25) is 0 Å². The zero-order chi connectivity index (χ0) is 12.3. The summed E-state index contributed by atoms with van der Waals surface area (Å²) in [5, 5.41) is 9.03. The van der Waals surface area contributed by atoms with E-state index in [1.807, 2.05) is 6.92 Å². The third kappa shape index (κ3) is 3.55. The molecule has 0 fully saturated rings. The summed E-state index contributed by atoms with van der Waals surface area (Å²) < 4.78 is 26.7. The van der Waals surface area contributed by atoms with Gasteiger partial charge in [0.1, 0.15) is 0 Å². The third-order valence-corrected chi connectivity index (χ3v) is 4.32. The highest BCUT2D eigenvalue weighted by atomic mass is 79.9. The van der Waals surface area contributed by atoms with Gasteiger partial charge in [0, 0.05) is 11.0 Å². The van der Waals surface area contributed by atoms with Crippen molar-refractivity contribution in [3.63, 3.8) is 0 Å². The molecule has 0 saturated heterocycles. The number of sulfonamides is 1. The summed E-state index contributed by atoms with van der Waals surface area (Å²) in [5.41, 5.74) is 0.847. The third-order valence-electron chi connectivity index (χ3n) is 2.01. The number of aliphatic hydroxyl groups is 1. The van der Waals surface area contributed by atoms with Gasteiger partial charge < -0.3 is 5.11 Å².